The Hall–Kier alpha value is -3.41. The number of benzene rings is 2. The van der Waals surface area contributed by atoms with Crippen LogP contribution in [0.1, 0.15) is 11.3 Å². The van der Waals surface area contributed by atoms with Gasteiger partial charge < -0.3 is 10.1 Å². The molecular formula is C19H14BrF3N4O4. The van der Waals surface area contributed by atoms with Crippen molar-refractivity contribution in [2.45, 2.75) is 19.6 Å². The highest BCUT2D eigenvalue weighted by Crippen LogP contribution is 2.34. The molecule has 1 heterocycles. The van der Waals surface area contributed by atoms with Crippen molar-refractivity contribution in [3.63, 3.8) is 0 Å². The van der Waals surface area contributed by atoms with Gasteiger partial charge in [-0.05, 0) is 41.1 Å². The first-order valence-electron chi connectivity index (χ1n) is 8.65. The van der Waals surface area contributed by atoms with Gasteiger partial charge in [0, 0.05) is 12.1 Å². The van der Waals surface area contributed by atoms with Crippen molar-refractivity contribution in [3.8, 4) is 11.5 Å². The zero-order chi connectivity index (χ0) is 22.8. The molecule has 12 heteroatoms. The molecule has 0 aliphatic carbocycles. The number of nitro benzene ring substituents is 1. The van der Waals surface area contributed by atoms with E-state index in [-0.39, 0.29) is 23.7 Å². The third kappa shape index (κ3) is 5.60. The lowest BCUT2D eigenvalue weighted by atomic mass is 10.2. The monoisotopic (exact) mass is 498 g/mol. The second-order valence-corrected chi connectivity index (χ2v) is 7.24. The van der Waals surface area contributed by atoms with E-state index in [4.69, 9.17) is 4.74 Å². The highest BCUT2D eigenvalue weighted by molar-refractivity contribution is 9.10. The van der Waals surface area contributed by atoms with Crippen LogP contribution in [0.2, 0.25) is 0 Å². The Morgan fingerprint density at radius 3 is 2.61 bits per heavy atom. The Morgan fingerprint density at radius 2 is 2.00 bits per heavy atom. The molecule has 31 heavy (non-hydrogen) atoms. The fourth-order valence-electron chi connectivity index (χ4n) is 2.61. The molecule has 0 radical (unpaired) electrons. The Labute approximate surface area is 181 Å². The predicted octanol–water partition coefficient (Wildman–Crippen LogP) is 5.31. The van der Waals surface area contributed by atoms with Gasteiger partial charge in [-0.15, -0.1) is 0 Å². The number of rotatable bonds is 6. The second kappa shape index (κ2) is 8.76. The lowest BCUT2D eigenvalue weighted by Gasteiger charge is -2.12. The van der Waals surface area contributed by atoms with Gasteiger partial charge in [-0.1, -0.05) is 6.07 Å². The fraction of sp³-hybridized carbons (Fsp3) is 0.158. The van der Waals surface area contributed by atoms with Crippen molar-refractivity contribution in [1.82, 2.24) is 9.78 Å². The van der Waals surface area contributed by atoms with Gasteiger partial charge in [0.1, 0.15) is 18.0 Å². The highest BCUT2D eigenvalue weighted by atomic mass is 79.9. The van der Waals surface area contributed by atoms with Gasteiger partial charge in [0.25, 0.3) is 5.69 Å². The smallest absolute Gasteiger partial charge is 0.416 e. The van der Waals surface area contributed by atoms with Crippen molar-refractivity contribution in [2.24, 2.45) is 0 Å². The molecule has 3 aromatic rings. The average Bonchev–Trinajstić information content (AvgIpc) is 2.99. The number of hydrogen-bond donors (Lipinski definition) is 1. The average molecular weight is 499 g/mol. The van der Waals surface area contributed by atoms with Gasteiger partial charge >= 0.3 is 6.18 Å². The molecule has 0 fully saturated rings. The third-order valence-corrected chi connectivity index (χ3v) is 4.90. The maximum Gasteiger partial charge on any atom is 0.416 e. The van der Waals surface area contributed by atoms with E-state index in [1.54, 1.807) is 6.92 Å². The first-order chi connectivity index (χ1) is 14.5. The molecule has 3 rings (SSSR count). The van der Waals surface area contributed by atoms with Crippen LogP contribution in [0.15, 0.2) is 53.1 Å². The summed E-state index contributed by atoms with van der Waals surface area (Å²) in [7, 11) is 0. The number of halogens is 4. The maximum atomic E-state index is 12.9. The number of nitrogens with zero attached hydrogens (tertiary/aromatic N) is 3. The molecule has 0 aliphatic heterocycles. The van der Waals surface area contributed by atoms with Crippen molar-refractivity contribution in [2.75, 3.05) is 5.32 Å². The molecule has 0 atom stereocenters. The number of anilines is 1. The molecule has 8 nitrogen and oxygen atoms in total. The van der Waals surface area contributed by atoms with Crippen molar-refractivity contribution >= 4 is 33.2 Å². The number of non-ortho nitro benzene ring substituents is 1. The summed E-state index contributed by atoms with van der Waals surface area (Å²) in [5.41, 5.74) is -0.574. The van der Waals surface area contributed by atoms with Crippen LogP contribution in [0.25, 0.3) is 0 Å². The van der Waals surface area contributed by atoms with Crippen LogP contribution in [0.5, 0.6) is 11.5 Å². The summed E-state index contributed by atoms with van der Waals surface area (Å²) in [4.78, 5) is 22.9. The van der Waals surface area contributed by atoms with Crippen LogP contribution in [0, 0.1) is 17.0 Å². The summed E-state index contributed by atoms with van der Waals surface area (Å²) >= 11 is 3.28. The molecule has 1 aromatic heterocycles. The molecule has 2 aromatic carbocycles. The van der Waals surface area contributed by atoms with E-state index in [2.05, 4.69) is 26.3 Å². The van der Waals surface area contributed by atoms with Crippen molar-refractivity contribution in [3.05, 3.63) is 74.5 Å². The molecule has 0 saturated heterocycles. The number of ether oxygens (including phenoxy) is 1. The molecule has 0 unspecified atom stereocenters. The van der Waals surface area contributed by atoms with E-state index >= 15 is 0 Å². The van der Waals surface area contributed by atoms with Crippen LogP contribution in [0.3, 0.4) is 0 Å². The summed E-state index contributed by atoms with van der Waals surface area (Å²) in [5, 5.41) is 17.8. The summed E-state index contributed by atoms with van der Waals surface area (Å²) in [6.07, 6.45) is -3.04. The summed E-state index contributed by atoms with van der Waals surface area (Å²) in [6.45, 7) is 1.60. The molecule has 1 N–H and O–H groups in total. The lowest BCUT2D eigenvalue weighted by molar-refractivity contribution is -0.384. The molecule has 162 valence electrons. The first kappa shape index (κ1) is 22.3. The van der Waals surface area contributed by atoms with E-state index in [1.165, 1.54) is 23.0 Å². The maximum absolute atomic E-state index is 12.9. The van der Waals surface area contributed by atoms with E-state index < -0.39 is 28.3 Å². The summed E-state index contributed by atoms with van der Waals surface area (Å²) < 4.78 is 46.2. The highest BCUT2D eigenvalue weighted by Gasteiger charge is 2.30. The minimum atomic E-state index is -4.57. The topological polar surface area (TPSA) is 99.3 Å². The van der Waals surface area contributed by atoms with Gasteiger partial charge in [-0.2, -0.15) is 18.3 Å². The van der Waals surface area contributed by atoms with Gasteiger partial charge in [0.2, 0.25) is 5.91 Å². The number of amides is 1. The van der Waals surface area contributed by atoms with Crippen LogP contribution >= 0.6 is 15.9 Å². The van der Waals surface area contributed by atoms with Gasteiger partial charge in [0.15, 0.2) is 0 Å². The molecular weight excluding hydrogens is 485 g/mol. The number of carbonyl (C=O) groups is 1. The van der Waals surface area contributed by atoms with Gasteiger partial charge in [-0.25, -0.2) is 0 Å². The van der Waals surface area contributed by atoms with Crippen LogP contribution in [0.4, 0.5) is 24.5 Å². The fourth-order valence-corrected chi connectivity index (χ4v) is 2.91. The molecule has 0 aliphatic rings. The quantitative estimate of drug-likeness (QED) is 0.366. The largest absolute Gasteiger partial charge is 0.457 e. The summed E-state index contributed by atoms with van der Waals surface area (Å²) in [6, 6.07) is 7.52. The molecule has 0 bridgehead atoms. The molecule has 0 spiro atoms. The number of aromatic nitrogens is 2. The minimum Gasteiger partial charge on any atom is -0.457 e. The predicted molar refractivity (Wildman–Crippen MR) is 108 cm³/mol. The third-order valence-electron chi connectivity index (χ3n) is 4.12. The zero-order valence-corrected chi connectivity index (χ0v) is 17.4. The van der Waals surface area contributed by atoms with E-state index in [0.717, 1.165) is 30.3 Å². The van der Waals surface area contributed by atoms with E-state index in [9.17, 15) is 28.1 Å². The Bertz CT molecular complexity index is 1150. The van der Waals surface area contributed by atoms with Crippen molar-refractivity contribution < 1.29 is 27.6 Å². The number of carbonyl (C=O) groups excluding carboxylic acids is 1. The zero-order valence-electron chi connectivity index (χ0n) is 15.8. The van der Waals surface area contributed by atoms with Crippen LogP contribution in [-0.4, -0.2) is 20.6 Å². The van der Waals surface area contributed by atoms with Crippen molar-refractivity contribution in [1.29, 1.82) is 0 Å². The van der Waals surface area contributed by atoms with E-state index in [1.807, 2.05) is 0 Å². The second-order valence-electron chi connectivity index (χ2n) is 6.38. The number of nitrogens with one attached hydrogen (secondary N) is 1. The Kier molecular flexibility index (Phi) is 6.29. The molecule has 1 amide bonds. The summed E-state index contributed by atoms with van der Waals surface area (Å²) in [5.74, 6) is -0.782. The normalized spacial score (nSPS) is 11.3. The van der Waals surface area contributed by atoms with Crippen LogP contribution in [-0.2, 0) is 17.5 Å². The Morgan fingerprint density at radius 1 is 1.26 bits per heavy atom. The minimum absolute atomic E-state index is 0.0463. The van der Waals surface area contributed by atoms with Crippen LogP contribution < -0.4 is 10.1 Å². The van der Waals surface area contributed by atoms with E-state index in [0.29, 0.717) is 10.2 Å². The number of hydrogen-bond acceptors (Lipinski definition) is 5. The van der Waals surface area contributed by atoms with Gasteiger partial charge in [-0.3, -0.25) is 19.6 Å². The first-order valence-corrected chi connectivity index (χ1v) is 9.44. The Balaban J connectivity index is 1.83. The standard InChI is InChI=1S/C19H14BrF3N4O4/c1-11-17(20)9-24-26(11)10-18(28)25-13-6-14(27(29)30)8-16(7-13)31-15-4-2-3-12(5-15)19(21,22)23/h2-9H,10H2,1H3,(H,25,28). The SMILES string of the molecule is Cc1c(Br)cnn1CC(=O)Nc1cc(Oc2cccc(C(F)(F)F)c2)cc([N+](=O)[O-])c1. The number of nitro groups is 1. The lowest BCUT2D eigenvalue weighted by Crippen LogP contribution is -2.20. The van der Waals surface area contributed by atoms with Gasteiger partial charge in [0.05, 0.1) is 38.6 Å². The molecule has 0 saturated carbocycles. The number of alkyl halides is 3.